The lowest BCUT2D eigenvalue weighted by Gasteiger charge is -2.31. The van der Waals surface area contributed by atoms with Crippen LogP contribution in [0.15, 0.2) is 65.6 Å². The summed E-state index contributed by atoms with van der Waals surface area (Å²) in [7, 11) is 0. The number of nitrogens with zero attached hydrogens (tertiary/aromatic N) is 4. The molecule has 0 radical (unpaired) electrons. The van der Waals surface area contributed by atoms with Crippen LogP contribution in [0.2, 0.25) is 0 Å². The third-order valence-electron chi connectivity index (χ3n) is 6.41. The lowest BCUT2D eigenvalue weighted by Crippen LogP contribution is -2.36. The summed E-state index contributed by atoms with van der Waals surface area (Å²) in [4.78, 5) is 22.0. The van der Waals surface area contributed by atoms with Crippen LogP contribution >= 0.6 is 0 Å². The van der Waals surface area contributed by atoms with Gasteiger partial charge >= 0.3 is 0 Å². The van der Waals surface area contributed by atoms with Crippen molar-refractivity contribution in [3.8, 4) is 6.07 Å². The van der Waals surface area contributed by atoms with Crippen LogP contribution in [-0.4, -0.2) is 35.4 Å². The highest BCUT2D eigenvalue weighted by Crippen LogP contribution is 2.47. The number of anilines is 1. The number of aryl methyl sites for hydroxylation is 1. The Hall–Kier alpha value is -3.59. The Morgan fingerprint density at radius 3 is 2.80 bits per heavy atom. The van der Waals surface area contributed by atoms with Crippen molar-refractivity contribution < 1.29 is 9.21 Å². The summed E-state index contributed by atoms with van der Waals surface area (Å²) in [6.45, 7) is 4.33. The zero-order valence-corrected chi connectivity index (χ0v) is 16.7. The maximum absolute atomic E-state index is 13.3. The van der Waals surface area contributed by atoms with Crippen molar-refractivity contribution in [2.45, 2.75) is 13.0 Å². The molecule has 2 aliphatic rings. The van der Waals surface area contributed by atoms with Gasteiger partial charge in [-0.25, -0.2) is 4.98 Å². The van der Waals surface area contributed by atoms with Crippen molar-refractivity contribution in [2.24, 2.45) is 11.8 Å². The van der Waals surface area contributed by atoms with Gasteiger partial charge in [-0.05, 0) is 36.2 Å². The number of fused-ring (bicyclic) bond motifs is 1. The first kappa shape index (κ1) is 18.4. The highest BCUT2D eigenvalue weighted by molar-refractivity contribution is 5.94. The minimum Gasteiger partial charge on any atom is -0.472 e. The molecular weight excluding hydrogens is 376 g/mol. The minimum atomic E-state index is -0.0159. The molecule has 2 fully saturated rings. The Balaban J connectivity index is 1.51. The number of rotatable bonds is 3. The van der Waals surface area contributed by atoms with E-state index < -0.39 is 0 Å². The fourth-order valence-electron chi connectivity index (χ4n) is 5.03. The molecular formula is C24H22N4O2. The zero-order chi connectivity index (χ0) is 20.7. The molecule has 0 spiro atoms. The molecule has 5 rings (SSSR count). The molecule has 0 unspecified atom stereocenters. The van der Waals surface area contributed by atoms with E-state index in [4.69, 9.17) is 4.42 Å². The van der Waals surface area contributed by atoms with E-state index in [0.717, 1.165) is 18.9 Å². The van der Waals surface area contributed by atoms with E-state index in [9.17, 15) is 10.1 Å². The first-order valence-corrected chi connectivity index (χ1v) is 10.2. The van der Waals surface area contributed by atoms with Crippen molar-refractivity contribution in [3.05, 3.63) is 83.4 Å². The molecule has 6 heteroatoms. The van der Waals surface area contributed by atoms with Gasteiger partial charge in [0.15, 0.2) is 0 Å². The van der Waals surface area contributed by atoms with Gasteiger partial charge in [-0.2, -0.15) is 5.26 Å². The van der Waals surface area contributed by atoms with Gasteiger partial charge in [-0.15, -0.1) is 0 Å². The van der Waals surface area contributed by atoms with E-state index in [2.05, 4.69) is 35.0 Å². The van der Waals surface area contributed by atoms with Crippen LogP contribution in [0.4, 0.5) is 5.82 Å². The van der Waals surface area contributed by atoms with Gasteiger partial charge in [-0.1, -0.05) is 24.3 Å². The van der Waals surface area contributed by atoms with Crippen molar-refractivity contribution in [2.75, 3.05) is 24.5 Å². The molecule has 2 aliphatic heterocycles. The van der Waals surface area contributed by atoms with Crippen molar-refractivity contribution >= 4 is 11.7 Å². The largest absolute Gasteiger partial charge is 0.472 e. The number of carbonyl (C=O) groups is 1. The number of aromatic nitrogens is 1. The molecule has 3 aromatic rings. The molecule has 0 aliphatic carbocycles. The molecule has 3 atom stereocenters. The van der Waals surface area contributed by atoms with Gasteiger partial charge in [0, 0.05) is 37.7 Å². The minimum absolute atomic E-state index is 0.00787. The van der Waals surface area contributed by atoms with Gasteiger partial charge in [-0.3, -0.25) is 4.79 Å². The first-order valence-electron chi connectivity index (χ1n) is 10.2. The summed E-state index contributed by atoms with van der Waals surface area (Å²) in [6, 6.07) is 15.9. The summed E-state index contributed by atoms with van der Waals surface area (Å²) in [6.07, 6.45) is 4.79. The number of amides is 1. The fraction of sp³-hybridized carbons (Fsp3) is 0.292. The van der Waals surface area contributed by atoms with Crippen LogP contribution in [-0.2, 0) is 0 Å². The number of hydrogen-bond donors (Lipinski definition) is 0. The summed E-state index contributed by atoms with van der Waals surface area (Å²) in [5.74, 6) is 1.34. The maximum Gasteiger partial charge on any atom is 0.257 e. The molecule has 0 saturated carbocycles. The van der Waals surface area contributed by atoms with Gasteiger partial charge in [0.05, 0.1) is 23.4 Å². The monoisotopic (exact) mass is 398 g/mol. The Labute approximate surface area is 175 Å². The van der Waals surface area contributed by atoms with Crippen molar-refractivity contribution in [1.29, 1.82) is 5.26 Å². The predicted octanol–water partition coefficient (Wildman–Crippen LogP) is 3.80. The second kappa shape index (κ2) is 7.34. The summed E-state index contributed by atoms with van der Waals surface area (Å²) >= 11 is 0. The molecule has 4 heterocycles. The van der Waals surface area contributed by atoms with Crippen LogP contribution in [0.25, 0.3) is 0 Å². The average molecular weight is 398 g/mol. The van der Waals surface area contributed by atoms with Gasteiger partial charge < -0.3 is 14.2 Å². The third kappa shape index (κ3) is 2.94. The lowest BCUT2D eigenvalue weighted by atomic mass is 9.87. The number of carbonyl (C=O) groups excluding carboxylic acids is 1. The Morgan fingerprint density at radius 1 is 1.17 bits per heavy atom. The van der Waals surface area contributed by atoms with E-state index in [1.807, 2.05) is 23.1 Å². The molecule has 1 aromatic carbocycles. The smallest absolute Gasteiger partial charge is 0.257 e. The normalized spacial score (nSPS) is 22.7. The summed E-state index contributed by atoms with van der Waals surface area (Å²) < 4.78 is 5.16. The van der Waals surface area contributed by atoms with Crippen LogP contribution in [0.5, 0.6) is 0 Å². The molecule has 150 valence electrons. The number of furan rings is 1. The molecule has 2 saturated heterocycles. The molecule has 0 bridgehead atoms. The molecule has 30 heavy (non-hydrogen) atoms. The summed E-state index contributed by atoms with van der Waals surface area (Å²) in [5.41, 5.74) is 3.55. The molecule has 0 N–H and O–H groups in total. The van der Waals surface area contributed by atoms with Crippen molar-refractivity contribution in [3.63, 3.8) is 0 Å². The van der Waals surface area contributed by atoms with E-state index in [-0.39, 0.29) is 17.9 Å². The summed E-state index contributed by atoms with van der Waals surface area (Å²) in [5, 5.41) is 9.49. The molecule has 2 aromatic heterocycles. The number of pyridine rings is 1. The number of hydrogen-bond acceptors (Lipinski definition) is 5. The fourth-order valence-corrected chi connectivity index (χ4v) is 5.03. The third-order valence-corrected chi connectivity index (χ3v) is 6.41. The highest BCUT2D eigenvalue weighted by atomic mass is 16.3. The second-order valence-electron chi connectivity index (χ2n) is 8.09. The SMILES string of the molecule is Cc1ccccc1[C@H]1[C@H]2CN(c3ncccc3C#N)C[C@H]2CN1C(=O)c1ccoc1. The van der Waals surface area contributed by atoms with Crippen LogP contribution in [0.3, 0.4) is 0 Å². The van der Waals surface area contributed by atoms with Crippen LogP contribution < -0.4 is 4.90 Å². The Bertz CT molecular complexity index is 1120. The van der Waals surface area contributed by atoms with Gasteiger partial charge in [0.1, 0.15) is 18.2 Å². The number of likely N-dealkylation sites (tertiary alicyclic amines) is 1. The quantitative estimate of drug-likeness (QED) is 0.671. The first-order chi connectivity index (χ1) is 14.7. The van der Waals surface area contributed by atoms with Crippen LogP contribution in [0, 0.1) is 30.1 Å². The molecule has 1 amide bonds. The van der Waals surface area contributed by atoms with Crippen molar-refractivity contribution in [1.82, 2.24) is 9.88 Å². The van der Waals surface area contributed by atoms with E-state index in [1.54, 1.807) is 24.6 Å². The Morgan fingerprint density at radius 2 is 2.03 bits per heavy atom. The second-order valence-corrected chi connectivity index (χ2v) is 8.09. The topological polar surface area (TPSA) is 73.4 Å². The standard InChI is InChI=1S/C24H22N4O2/c1-16-5-2-3-7-20(16)22-21-14-27(23-17(11-25)6-4-9-26-23)12-19(21)13-28(22)24(29)18-8-10-30-15-18/h2-10,15,19,21-22H,12-14H2,1H3/t19-,21-,22-/m0/s1. The number of nitriles is 1. The number of benzene rings is 1. The average Bonchev–Trinajstić information content (AvgIpc) is 3.50. The van der Waals surface area contributed by atoms with E-state index in [0.29, 0.717) is 23.6 Å². The van der Waals surface area contributed by atoms with E-state index >= 15 is 0 Å². The molecule has 6 nitrogen and oxygen atoms in total. The maximum atomic E-state index is 13.3. The van der Waals surface area contributed by atoms with E-state index in [1.165, 1.54) is 17.4 Å². The predicted molar refractivity (Wildman–Crippen MR) is 112 cm³/mol. The van der Waals surface area contributed by atoms with Gasteiger partial charge in [0.2, 0.25) is 0 Å². The van der Waals surface area contributed by atoms with Crippen LogP contribution in [0.1, 0.15) is 33.1 Å². The highest BCUT2D eigenvalue weighted by Gasteiger charge is 2.50. The lowest BCUT2D eigenvalue weighted by molar-refractivity contribution is 0.0714. The zero-order valence-electron chi connectivity index (χ0n) is 16.7. The Kier molecular flexibility index (Phi) is 4.51. The van der Waals surface area contributed by atoms with Gasteiger partial charge in [0.25, 0.3) is 5.91 Å².